The van der Waals surface area contributed by atoms with Gasteiger partial charge in [-0.05, 0) is 67.9 Å². The minimum atomic E-state index is 1.13. The van der Waals surface area contributed by atoms with Crippen LogP contribution in [0.15, 0.2) is 36.4 Å². The summed E-state index contributed by atoms with van der Waals surface area (Å²) < 4.78 is 0. The summed E-state index contributed by atoms with van der Waals surface area (Å²) in [6, 6.07) is 13.6. The first kappa shape index (κ1) is 14.8. The highest BCUT2D eigenvalue weighted by atomic mass is 14.1. The molecule has 106 valence electrons. The van der Waals surface area contributed by atoms with Crippen molar-refractivity contribution in [2.24, 2.45) is 0 Å². The van der Waals surface area contributed by atoms with E-state index in [2.05, 4.69) is 64.1 Å². The van der Waals surface area contributed by atoms with E-state index < -0.39 is 0 Å². The smallest absolute Gasteiger partial charge is 0.0236 e. The van der Waals surface area contributed by atoms with Crippen LogP contribution in [0.25, 0.3) is 0 Å². The lowest BCUT2D eigenvalue weighted by atomic mass is 9.92. The number of hydrogen-bond acceptors (Lipinski definition) is 0. The maximum absolute atomic E-state index is 2.33. The summed E-state index contributed by atoms with van der Waals surface area (Å²) in [5, 5.41) is 0. The van der Waals surface area contributed by atoms with Crippen molar-refractivity contribution >= 4 is 0 Å². The molecule has 2 aromatic rings. The molecule has 0 saturated heterocycles. The first-order valence-electron chi connectivity index (χ1n) is 7.75. The fourth-order valence-corrected chi connectivity index (χ4v) is 2.78. The Morgan fingerprint density at radius 3 is 1.75 bits per heavy atom. The quantitative estimate of drug-likeness (QED) is 0.684. The molecule has 0 heterocycles. The standard InChI is InChI=1S/C20H26/c1-5-6-19-13-14-20(17(4)16(19)3)12-11-18-9-7-15(2)8-10-18/h7-10,13-14H,5-6,11-12H2,1-4H3. The Bertz CT molecular complexity index is 561. The van der Waals surface area contributed by atoms with E-state index in [1.165, 1.54) is 46.2 Å². The summed E-state index contributed by atoms with van der Waals surface area (Å²) in [5.74, 6) is 0. The highest BCUT2D eigenvalue weighted by molar-refractivity contribution is 5.40. The lowest BCUT2D eigenvalue weighted by Gasteiger charge is -2.13. The monoisotopic (exact) mass is 266 g/mol. The SMILES string of the molecule is CCCc1ccc(CCc2ccc(C)cc2)c(C)c1C. The van der Waals surface area contributed by atoms with E-state index in [4.69, 9.17) is 0 Å². The summed E-state index contributed by atoms with van der Waals surface area (Å²) in [5.41, 5.74) is 8.78. The molecule has 0 amide bonds. The van der Waals surface area contributed by atoms with Gasteiger partial charge in [0.1, 0.15) is 0 Å². The first-order chi connectivity index (χ1) is 9.61. The van der Waals surface area contributed by atoms with E-state index in [1.54, 1.807) is 0 Å². The number of hydrogen-bond donors (Lipinski definition) is 0. The molecular weight excluding hydrogens is 240 g/mol. The van der Waals surface area contributed by atoms with Crippen molar-refractivity contribution in [2.45, 2.75) is 53.4 Å². The van der Waals surface area contributed by atoms with Crippen LogP contribution in [0.1, 0.15) is 46.7 Å². The van der Waals surface area contributed by atoms with Crippen molar-refractivity contribution < 1.29 is 0 Å². The van der Waals surface area contributed by atoms with E-state index in [-0.39, 0.29) is 0 Å². The Hall–Kier alpha value is -1.56. The van der Waals surface area contributed by atoms with Gasteiger partial charge in [-0.15, -0.1) is 0 Å². The van der Waals surface area contributed by atoms with Crippen molar-refractivity contribution in [3.05, 3.63) is 69.8 Å². The summed E-state index contributed by atoms with van der Waals surface area (Å²) >= 11 is 0. The summed E-state index contributed by atoms with van der Waals surface area (Å²) in [6.07, 6.45) is 4.70. The predicted octanol–water partition coefficient (Wildman–Crippen LogP) is 5.35. The minimum absolute atomic E-state index is 1.13. The topological polar surface area (TPSA) is 0 Å². The number of rotatable bonds is 5. The van der Waals surface area contributed by atoms with Crippen LogP contribution in [0.2, 0.25) is 0 Å². The minimum Gasteiger partial charge on any atom is -0.0651 e. The fourth-order valence-electron chi connectivity index (χ4n) is 2.78. The van der Waals surface area contributed by atoms with Crippen molar-refractivity contribution in [3.8, 4) is 0 Å². The molecule has 0 bridgehead atoms. The molecule has 0 nitrogen and oxygen atoms in total. The van der Waals surface area contributed by atoms with Gasteiger partial charge in [0, 0.05) is 0 Å². The maximum Gasteiger partial charge on any atom is -0.0236 e. The van der Waals surface area contributed by atoms with Gasteiger partial charge in [-0.3, -0.25) is 0 Å². The Labute approximate surface area is 123 Å². The van der Waals surface area contributed by atoms with Gasteiger partial charge in [0.15, 0.2) is 0 Å². The van der Waals surface area contributed by atoms with Crippen LogP contribution < -0.4 is 0 Å². The van der Waals surface area contributed by atoms with Crippen LogP contribution >= 0.6 is 0 Å². The van der Waals surface area contributed by atoms with Crippen molar-refractivity contribution in [1.29, 1.82) is 0 Å². The van der Waals surface area contributed by atoms with Crippen molar-refractivity contribution in [3.63, 3.8) is 0 Å². The summed E-state index contributed by atoms with van der Waals surface area (Å²) in [6.45, 7) is 8.94. The summed E-state index contributed by atoms with van der Waals surface area (Å²) in [7, 11) is 0. The molecule has 0 saturated carbocycles. The second kappa shape index (κ2) is 6.74. The molecule has 0 fully saturated rings. The van der Waals surface area contributed by atoms with Crippen LogP contribution in [0.4, 0.5) is 0 Å². The van der Waals surface area contributed by atoms with Gasteiger partial charge in [0.2, 0.25) is 0 Å². The van der Waals surface area contributed by atoms with E-state index in [9.17, 15) is 0 Å². The molecule has 2 rings (SSSR count). The molecule has 0 aliphatic rings. The molecule has 0 aliphatic carbocycles. The number of benzene rings is 2. The van der Waals surface area contributed by atoms with Gasteiger partial charge in [-0.2, -0.15) is 0 Å². The van der Waals surface area contributed by atoms with Gasteiger partial charge < -0.3 is 0 Å². The van der Waals surface area contributed by atoms with Crippen LogP contribution in [-0.4, -0.2) is 0 Å². The molecular formula is C20H26. The second-order valence-electron chi connectivity index (χ2n) is 5.87. The predicted molar refractivity (Wildman–Crippen MR) is 88.5 cm³/mol. The molecule has 0 aromatic heterocycles. The number of aryl methyl sites for hydroxylation is 4. The normalized spacial score (nSPS) is 10.8. The highest BCUT2D eigenvalue weighted by Crippen LogP contribution is 2.20. The molecule has 0 radical (unpaired) electrons. The third-order valence-corrected chi connectivity index (χ3v) is 4.33. The zero-order valence-corrected chi connectivity index (χ0v) is 13.3. The van der Waals surface area contributed by atoms with Crippen LogP contribution in [0, 0.1) is 20.8 Å². The van der Waals surface area contributed by atoms with Crippen molar-refractivity contribution in [1.82, 2.24) is 0 Å². The molecule has 0 unspecified atom stereocenters. The maximum atomic E-state index is 2.33. The van der Waals surface area contributed by atoms with Gasteiger partial charge in [0.25, 0.3) is 0 Å². The van der Waals surface area contributed by atoms with Gasteiger partial charge in [-0.1, -0.05) is 55.3 Å². The van der Waals surface area contributed by atoms with E-state index in [1.807, 2.05) is 0 Å². The zero-order valence-electron chi connectivity index (χ0n) is 13.3. The zero-order chi connectivity index (χ0) is 14.5. The Morgan fingerprint density at radius 2 is 1.20 bits per heavy atom. The van der Waals surface area contributed by atoms with Gasteiger partial charge >= 0.3 is 0 Å². The molecule has 0 atom stereocenters. The fraction of sp³-hybridized carbons (Fsp3) is 0.400. The van der Waals surface area contributed by atoms with E-state index >= 15 is 0 Å². The molecule has 0 aliphatic heterocycles. The van der Waals surface area contributed by atoms with Crippen LogP contribution in [0.3, 0.4) is 0 Å². The van der Waals surface area contributed by atoms with Crippen LogP contribution in [0.5, 0.6) is 0 Å². The molecule has 20 heavy (non-hydrogen) atoms. The third-order valence-electron chi connectivity index (χ3n) is 4.33. The van der Waals surface area contributed by atoms with Gasteiger partial charge in [0.05, 0.1) is 0 Å². The van der Waals surface area contributed by atoms with E-state index in [0.29, 0.717) is 0 Å². The average molecular weight is 266 g/mol. The van der Waals surface area contributed by atoms with Crippen LogP contribution in [-0.2, 0) is 19.3 Å². The average Bonchev–Trinajstić information content (AvgIpc) is 2.45. The molecule has 0 spiro atoms. The lowest BCUT2D eigenvalue weighted by Crippen LogP contribution is -1.99. The van der Waals surface area contributed by atoms with Crippen molar-refractivity contribution in [2.75, 3.05) is 0 Å². The highest BCUT2D eigenvalue weighted by Gasteiger charge is 2.06. The second-order valence-corrected chi connectivity index (χ2v) is 5.87. The molecule has 0 heteroatoms. The third kappa shape index (κ3) is 3.50. The Kier molecular flexibility index (Phi) is 5.00. The molecule has 0 N–H and O–H groups in total. The van der Waals surface area contributed by atoms with E-state index in [0.717, 1.165) is 12.8 Å². The first-order valence-corrected chi connectivity index (χ1v) is 7.75. The lowest BCUT2D eigenvalue weighted by molar-refractivity contribution is 0.896. The van der Waals surface area contributed by atoms with Gasteiger partial charge in [-0.25, -0.2) is 0 Å². The Balaban J connectivity index is 2.10. The summed E-state index contributed by atoms with van der Waals surface area (Å²) in [4.78, 5) is 0. The Morgan fingerprint density at radius 1 is 0.650 bits per heavy atom. The molecule has 2 aromatic carbocycles. The largest absolute Gasteiger partial charge is 0.0651 e.